The first-order chi connectivity index (χ1) is 15.3. The van der Waals surface area contributed by atoms with E-state index < -0.39 is 0 Å². The molecule has 1 aliphatic heterocycles. The Morgan fingerprint density at radius 3 is 2.88 bits per heavy atom. The number of fused-ring (bicyclic) bond motifs is 4. The highest BCUT2D eigenvalue weighted by Gasteiger charge is 2.58. The van der Waals surface area contributed by atoms with Gasteiger partial charge in [0.1, 0.15) is 6.10 Å². The second-order valence-electron chi connectivity index (χ2n) is 9.68. The van der Waals surface area contributed by atoms with Gasteiger partial charge in [0, 0.05) is 33.2 Å². The van der Waals surface area contributed by atoms with Crippen LogP contribution in [-0.4, -0.2) is 29.3 Å². The lowest BCUT2D eigenvalue weighted by molar-refractivity contribution is -0.149. The number of nitrogens with zero attached hydrogens (tertiary/aromatic N) is 1. The standard InChI is InChI=1S/C24H29N3O3S2/c1-12-16-8-9-24(3)11-17-19(13(2)18(24)20(16)30-21(12)28)26-23(32-17)27-22(29)25-14-6-5-7-15(10-14)31-4/h5-7,10,12-13,16,18,20H,8-9,11H2,1-4H3,(H2,25,26,27,29)/t12-,13+,16-,18+,20+,24+/m0/s1. The lowest BCUT2D eigenvalue weighted by Gasteiger charge is -2.51. The van der Waals surface area contributed by atoms with Gasteiger partial charge in [-0.05, 0) is 49.1 Å². The molecule has 170 valence electrons. The second-order valence-corrected chi connectivity index (χ2v) is 11.6. The van der Waals surface area contributed by atoms with E-state index in [1.54, 1.807) is 23.1 Å². The smallest absolute Gasteiger partial charge is 0.325 e. The lowest BCUT2D eigenvalue weighted by Crippen LogP contribution is -2.50. The Labute approximate surface area is 196 Å². The van der Waals surface area contributed by atoms with E-state index in [9.17, 15) is 9.59 Å². The van der Waals surface area contributed by atoms with Crippen molar-refractivity contribution in [2.45, 2.75) is 57.0 Å². The van der Waals surface area contributed by atoms with Crippen LogP contribution in [0.5, 0.6) is 0 Å². The summed E-state index contributed by atoms with van der Waals surface area (Å²) in [6.07, 6.45) is 5.03. The van der Waals surface area contributed by atoms with Crippen LogP contribution in [0.3, 0.4) is 0 Å². The molecule has 1 aromatic carbocycles. The summed E-state index contributed by atoms with van der Waals surface area (Å²) in [5, 5.41) is 6.45. The number of ether oxygens (including phenoxy) is 1. The molecule has 1 saturated heterocycles. The van der Waals surface area contributed by atoms with Crippen LogP contribution in [0.2, 0.25) is 0 Å². The fourth-order valence-corrected chi connectivity index (χ4v) is 7.81. The SMILES string of the molecule is CSc1cccc(NC(=O)Nc2nc3c(s2)C[C@@]2(C)CC[C@@H]4[C@@H](OC(=O)[C@H]4C)[C@H]2[C@H]3C)c1. The fourth-order valence-electron chi connectivity index (χ4n) is 6.09. The predicted octanol–water partition coefficient (Wildman–Crippen LogP) is 5.76. The van der Waals surface area contributed by atoms with Crippen molar-refractivity contribution in [3.63, 3.8) is 0 Å². The van der Waals surface area contributed by atoms with Gasteiger partial charge in [-0.3, -0.25) is 10.1 Å². The molecular weight excluding hydrogens is 442 g/mol. The zero-order valence-electron chi connectivity index (χ0n) is 18.8. The normalized spacial score (nSPS) is 33.0. The van der Waals surface area contributed by atoms with Gasteiger partial charge in [-0.1, -0.05) is 26.8 Å². The molecule has 8 heteroatoms. The quantitative estimate of drug-likeness (QED) is 0.439. The predicted molar refractivity (Wildman–Crippen MR) is 128 cm³/mol. The summed E-state index contributed by atoms with van der Waals surface area (Å²) in [5.74, 6) is 0.691. The van der Waals surface area contributed by atoms with Gasteiger partial charge in [0.15, 0.2) is 5.13 Å². The van der Waals surface area contributed by atoms with E-state index >= 15 is 0 Å². The number of amides is 2. The van der Waals surface area contributed by atoms with Crippen LogP contribution in [0, 0.1) is 23.2 Å². The Morgan fingerprint density at radius 2 is 2.09 bits per heavy atom. The molecule has 3 aliphatic rings. The molecule has 2 heterocycles. The molecular formula is C24H29N3O3S2. The first kappa shape index (κ1) is 21.8. The van der Waals surface area contributed by atoms with Crippen molar-refractivity contribution in [2.24, 2.45) is 23.2 Å². The number of thioether (sulfide) groups is 1. The van der Waals surface area contributed by atoms with E-state index in [0.717, 1.165) is 35.5 Å². The Balaban J connectivity index is 1.35. The molecule has 5 rings (SSSR count). The summed E-state index contributed by atoms with van der Waals surface area (Å²) < 4.78 is 5.91. The molecule has 0 spiro atoms. The lowest BCUT2D eigenvalue weighted by atomic mass is 9.54. The number of benzene rings is 1. The van der Waals surface area contributed by atoms with Crippen LogP contribution in [0.1, 0.15) is 50.1 Å². The molecule has 0 bridgehead atoms. The molecule has 1 aromatic heterocycles. The van der Waals surface area contributed by atoms with Gasteiger partial charge < -0.3 is 10.1 Å². The molecule has 2 amide bonds. The highest BCUT2D eigenvalue weighted by Crippen LogP contribution is 2.59. The third kappa shape index (κ3) is 3.61. The summed E-state index contributed by atoms with van der Waals surface area (Å²) in [6, 6.07) is 7.48. The third-order valence-electron chi connectivity index (χ3n) is 7.71. The number of esters is 1. The maximum atomic E-state index is 12.6. The van der Waals surface area contributed by atoms with Crippen molar-refractivity contribution in [1.82, 2.24) is 4.98 Å². The average molecular weight is 472 g/mol. The topological polar surface area (TPSA) is 80.3 Å². The van der Waals surface area contributed by atoms with Crippen molar-refractivity contribution in [1.29, 1.82) is 0 Å². The minimum absolute atomic E-state index is 0.0147. The van der Waals surface area contributed by atoms with Crippen LogP contribution in [0.4, 0.5) is 15.6 Å². The summed E-state index contributed by atoms with van der Waals surface area (Å²) in [6.45, 7) is 6.55. The van der Waals surface area contributed by atoms with E-state index in [4.69, 9.17) is 9.72 Å². The molecule has 0 radical (unpaired) electrons. The summed E-state index contributed by atoms with van der Waals surface area (Å²) in [5.41, 5.74) is 1.89. The summed E-state index contributed by atoms with van der Waals surface area (Å²) in [7, 11) is 0. The molecule has 6 nitrogen and oxygen atoms in total. The number of hydrogen-bond donors (Lipinski definition) is 2. The van der Waals surface area contributed by atoms with Crippen LogP contribution in [0.25, 0.3) is 0 Å². The van der Waals surface area contributed by atoms with E-state index in [1.165, 1.54) is 4.88 Å². The molecule has 0 unspecified atom stereocenters. The number of urea groups is 1. The van der Waals surface area contributed by atoms with Crippen LogP contribution < -0.4 is 10.6 Å². The number of aromatic nitrogens is 1. The average Bonchev–Trinajstić information content (AvgIpc) is 3.27. The minimum atomic E-state index is -0.288. The highest BCUT2D eigenvalue weighted by molar-refractivity contribution is 7.98. The minimum Gasteiger partial charge on any atom is -0.461 e. The van der Waals surface area contributed by atoms with Crippen molar-refractivity contribution < 1.29 is 14.3 Å². The monoisotopic (exact) mass is 471 g/mol. The van der Waals surface area contributed by atoms with Crippen LogP contribution in [0.15, 0.2) is 29.2 Å². The molecule has 2 N–H and O–H groups in total. The van der Waals surface area contributed by atoms with Gasteiger partial charge in [-0.2, -0.15) is 0 Å². The number of thiazole rings is 1. The van der Waals surface area contributed by atoms with E-state index in [1.807, 2.05) is 37.4 Å². The van der Waals surface area contributed by atoms with Gasteiger partial charge in [-0.15, -0.1) is 23.1 Å². The van der Waals surface area contributed by atoms with E-state index in [-0.39, 0.29) is 41.3 Å². The first-order valence-corrected chi connectivity index (χ1v) is 13.3. The van der Waals surface area contributed by atoms with Crippen molar-refractivity contribution >= 4 is 45.9 Å². The van der Waals surface area contributed by atoms with Gasteiger partial charge >= 0.3 is 12.0 Å². The van der Waals surface area contributed by atoms with Crippen LogP contribution in [-0.2, 0) is 16.0 Å². The van der Waals surface area contributed by atoms with E-state index in [2.05, 4.69) is 24.5 Å². The van der Waals surface area contributed by atoms with Crippen molar-refractivity contribution in [3.8, 4) is 0 Å². The Morgan fingerprint density at radius 1 is 1.28 bits per heavy atom. The zero-order valence-corrected chi connectivity index (χ0v) is 20.4. The fraction of sp³-hybridized carbons (Fsp3) is 0.542. The number of carbonyl (C=O) groups excluding carboxylic acids is 2. The second kappa shape index (κ2) is 8.06. The van der Waals surface area contributed by atoms with Crippen molar-refractivity contribution in [2.75, 3.05) is 16.9 Å². The first-order valence-electron chi connectivity index (χ1n) is 11.2. The van der Waals surface area contributed by atoms with Gasteiger partial charge in [-0.25, -0.2) is 9.78 Å². The Kier molecular flexibility index (Phi) is 5.48. The maximum absolute atomic E-state index is 12.6. The molecule has 2 fully saturated rings. The zero-order chi connectivity index (χ0) is 22.6. The molecule has 1 saturated carbocycles. The van der Waals surface area contributed by atoms with E-state index in [0.29, 0.717) is 11.0 Å². The number of carbonyl (C=O) groups is 2. The molecule has 2 aromatic rings. The highest BCUT2D eigenvalue weighted by atomic mass is 32.2. The van der Waals surface area contributed by atoms with Crippen molar-refractivity contribution in [3.05, 3.63) is 34.8 Å². The summed E-state index contributed by atoms with van der Waals surface area (Å²) >= 11 is 3.21. The largest absolute Gasteiger partial charge is 0.461 e. The number of hydrogen-bond acceptors (Lipinski definition) is 6. The Hall–Kier alpha value is -2.06. The van der Waals surface area contributed by atoms with Gasteiger partial charge in [0.2, 0.25) is 0 Å². The molecule has 32 heavy (non-hydrogen) atoms. The molecule has 6 atom stereocenters. The van der Waals surface area contributed by atoms with Crippen LogP contribution >= 0.6 is 23.1 Å². The maximum Gasteiger partial charge on any atom is 0.325 e. The molecule has 2 aliphatic carbocycles. The number of nitrogens with one attached hydrogen (secondary N) is 2. The van der Waals surface area contributed by atoms with Gasteiger partial charge in [0.05, 0.1) is 11.6 Å². The number of rotatable bonds is 3. The Bertz CT molecular complexity index is 1070. The number of anilines is 2. The van der Waals surface area contributed by atoms with Gasteiger partial charge in [0.25, 0.3) is 0 Å². The summed E-state index contributed by atoms with van der Waals surface area (Å²) in [4.78, 5) is 32.0. The third-order valence-corrected chi connectivity index (χ3v) is 9.42.